The first-order valence-corrected chi connectivity index (χ1v) is 16.4. The van der Waals surface area contributed by atoms with Crippen LogP contribution in [0.5, 0.6) is 0 Å². The number of hydrogen-bond acceptors (Lipinski definition) is 5. The summed E-state index contributed by atoms with van der Waals surface area (Å²) < 4.78 is -1.63. The molecular weight excluding hydrogens is 558 g/mol. The predicted octanol–water partition coefficient (Wildman–Crippen LogP) is 4.74. The normalized spacial score (nSPS) is 33.2. The molecule has 3 amide bonds. The van der Waals surface area contributed by atoms with Crippen molar-refractivity contribution in [2.75, 3.05) is 24.6 Å². The van der Waals surface area contributed by atoms with Crippen molar-refractivity contribution in [1.29, 1.82) is 0 Å². The van der Waals surface area contributed by atoms with Crippen LogP contribution in [0.4, 0.5) is 5.69 Å². The highest BCUT2D eigenvalue weighted by Crippen LogP contribution is 2.66. The van der Waals surface area contributed by atoms with E-state index in [9.17, 15) is 19.5 Å². The molecule has 8 heteroatoms. The molecule has 4 aliphatic heterocycles. The average molecular weight is 598 g/mol. The van der Waals surface area contributed by atoms with Gasteiger partial charge in [0.2, 0.25) is 17.7 Å². The largest absolute Gasteiger partial charge is 0.394 e. The Morgan fingerprint density at radius 2 is 1.51 bits per heavy atom. The molecule has 4 heterocycles. The quantitative estimate of drug-likeness (QED) is 0.504. The Morgan fingerprint density at radius 1 is 0.837 bits per heavy atom. The molecule has 0 aromatic heterocycles. The summed E-state index contributed by atoms with van der Waals surface area (Å²) in [6.07, 6.45) is 13.5. The maximum Gasteiger partial charge on any atom is 0.247 e. The lowest BCUT2D eigenvalue weighted by Gasteiger charge is -2.42. The third-order valence-corrected chi connectivity index (χ3v) is 12.1. The Kier molecular flexibility index (Phi) is 7.25. The Labute approximate surface area is 257 Å². The Bertz CT molecular complexity index is 1460. The van der Waals surface area contributed by atoms with Gasteiger partial charge >= 0.3 is 0 Å². The third-order valence-electron chi connectivity index (χ3n) is 10.3. The zero-order chi connectivity index (χ0) is 29.8. The molecule has 1 saturated carbocycles. The average Bonchev–Trinajstić information content (AvgIpc) is 3.30. The van der Waals surface area contributed by atoms with Gasteiger partial charge in [0, 0.05) is 29.6 Å². The molecule has 5 aliphatic rings. The van der Waals surface area contributed by atoms with E-state index in [1.165, 1.54) is 6.42 Å². The highest BCUT2D eigenvalue weighted by atomic mass is 32.2. The molecule has 6 atom stereocenters. The van der Waals surface area contributed by atoms with E-state index in [2.05, 4.69) is 25.2 Å². The van der Waals surface area contributed by atoms with E-state index in [1.54, 1.807) is 21.6 Å². The number of anilines is 1. The van der Waals surface area contributed by atoms with Gasteiger partial charge in [-0.2, -0.15) is 0 Å². The lowest BCUT2D eigenvalue weighted by Crippen LogP contribution is -2.56. The molecular formula is C35H39N3O4S. The number of benzene rings is 2. The highest BCUT2D eigenvalue weighted by Gasteiger charge is 2.74. The fraction of sp³-hybridized carbons (Fsp3) is 0.457. The van der Waals surface area contributed by atoms with Crippen LogP contribution in [0.2, 0.25) is 0 Å². The van der Waals surface area contributed by atoms with Crippen molar-refractivity contribution in [3.63, 3.8) is 0 Å². The summed E-state index contributed by atoms with van der Waals surface area (Å²) in [5.41, 5.74) is 1.57. The van der Waals surface area contributed by atoms with Gasteiger partial charge in [-0.05, 0) is 37.5 Å². The van der Waals surface area contributed by atoms with Gasteiger partial charge in [-0.1, -0.05) is 92.1 Å². The zero-order valence-electron chi connectivity index (χ0n) is 24.5. The lowest BCUT2D eigenvalue weighted by atomic mass is 9.74. The van der Waals surface area contributed by atoms with Crippen molar-refractivity contribution in [1.82, 2.24) is 9.80 Å². The number of thioether (sulfide) groups is 1. The summed E-state index contributed by atoms with van der Waals surface area (Å²) in [6, 6.07) is 17.7. The molecule has 0 bridgehead atoms. The summed E-state index contributed by atoms with van der Waals surface area (Å²) in [5.74, 6) is -1.82. The van der Waals surface area contributed by atoms with E-state index >= 15 is 0 Å². The van der Waals surface area contributed by atoms with Crippen LogP contribution < -0.4 is 4.90 Å². The summed E-state index contributed by atoms with van der Waals surface area (Å²) >= 11 is 1.60. The van der Waals surface area contributed by atoms with Gasteiger partial charge in [-0.25, -0.2) is 0 Å². The number of carbonyl (C=O) groups excluding carboxylic acids is 3. The second-order valence-electron chi connectivity index (χ2n) is 12.7. The smallest absolute Gasteiger partial charge is 0.247 e. The SMILES string of the molecule is C[C@@]12C=CCN(c3ccccc3)C(=O)[C@@H]1[C@H]1C(=O)N([C@H](CO)c3ccccc3)C3C(=O)N(C4CCCCC4)CC=C[C@@]31S2. The fourth-order valence-electron chi connectivity index (χ4n) is 8.40. The van der Waals surface area contributed by atoms with Crippen LogP contribution in [-0.4, -0.2) is 73.9 Å². The number of likely N-dealkylation sites (tertiary alicyclic amines) is 1. The first-order chi connectivity index (χ1) is 20.9. The van der Waals surface area contributed by atoms with Crippen molar-refractivity contribution in [3.8, 4) is 0 Å². The molecule has 1 unspecified atom stereocenters. The zero-order valence-corrected chi connectivity index (χ0v) is 25.4. The minimum Gasteiger partial charge on any atom is -0.394 e. The molecule has 2 saturated heterocycles. The summed E-state index contributed by atoms with van der Waals surface area (Å²) in [6.45, 7) is 2.65. The number of rotatable bonds is 5. The fourth-order valence-corrected chi connectivity index (χ4v) is 10.5. The predicted molar refractivity (Wildman–Crippen MR) is 168 cm³/mol. The molecule has 0 radical (unpaired) electrons. The number of para-hydroxylation sites is 1. The third kappa shape index (κ3) is 4.40. The number of nitrogens with zero attached hydrogens (tertiary/aromatic N) is 3. The number of carbonyl (C=O) groups is 3. The van der Waals surface area contributed by atoms with Gasteiger partial charge in [0.25, 0.3) is 0 Å². The molecule has 1 aliphatic carbocycles. The summed E-state index contributed by atoms with van der Waals surface area (Å²) in [7, 11) is 0. The Hall–Kier alpha value is -3.36. The summed E-state index contributed by atoms with van der Waals surface area (Å²) in [5, 5.41) is 10.8. The van der Waals surface area contributed by atoms with Crippen LogP contribution in [0.1, 0.15) is 50.6 Å². The van der Waals surface area contributed by atoms with E-state index in [0.29, 0.717) is 13.1 Å². The van der Waals surface area contributed by atoms with Gasteiger partial charge < -0.3 is 19.8 Å². The van der Waals surface area contributed by atoms with Gasteiger partial charge in [-0.15, -0.1) is 11.8 Å². The van der Waals surface area contributed by atoms with E-state index < -0.39 is 33.4 Å². The van der Waals surface area contributed by atoms with E-state index in [4.69, 9.17) is 0 Å². The lowest BCUT2D eigenvalue weighted by molar-refractivity contribution is -0.147. The first-order valence-electron chi connectivity index (χ1n) is 15.6. The van der Waals surface area contributed by atoms with Crippen LogP contribution in [0, 0.1) is 11.8 Å². The van der Waals surface area contributed by atoms with E-state index in [0.717, 1.165) is 36.9 Å². The highest BCUT2D eigenvalue weighted by molar-refractivity contribution is 8.02. The second-order valence-corrected chi connectivity index (χ2v) is 14.5. The Balaban J connectivity index is 1.37. The van der Waals surface area contributed by atoms with Crippen LogP contribution in [0.3, 0.4) is 0 Å². The second kappa shape index (κ2) is 11.0. The van der Waals surface area contributed by atoms with Crippen LogP contribution in [0.15, 0.2) is 85.0 Å². The van der Waals surface area contributed by atoms with Gasteiger partial charge in [0.1, 0.15) is 6.04 Å². The van der Waals surface area contributed by atoms with E-state index in [-0.39, 0.29) is 30.4 Å². The number of fused-ring (bicyclic) bond motifs is 2. The topological polar surface area (TPSA) is 81.2 Å². The molecule has 2 aromatic carbocycles. The molecule has 1 spiro atoms. The number of amides is 3. The molecule has 43 heavy (non-hydrogen) atoms. The molecule has 224 valence electrons. The van der Waals surface area contributed by atoms with Crippen molar-refractivity contribution >= 4 is 35.2 Å². The monoisotopic (exact) mass is 597 g/mol. The minimum atomic E-state index is -0.946. The van der Waals surface area contributed by atoms with Crippen molar-refractivity contribution in [2.45, 2.75) is 66.6 Å². The van der Waals surface area contributed by atoms with Crippen LogP contribution in [-0.2, 0) is 14.4 Å². The molecule has 7 nitrogen and oxygen atoms in total. The van der Waals surface area contributed by atoms with Crippen molar-refractivity contribution < 1.29 is 19.5 Å². The van der Waals surface area contributed by atoms with Crippen molar-refractivity contribution in [3.05, 3.63) is 90.5 Å². The molecule has 2 aromatic rings. The minimum absolute atomic E-state index is 0.0639. The van der Waals surface area contributed by atoms with Gasteiger partial charge in [-0.3, -0.25) is 14.4 Å². The van der Waals surface area contributed by atoms with Gasteiger partial charge in [0.15, 0.2) is 0 Å². The maximum atomic E-state index is 15.0. The molecule has 1 N–H and O–H groups in total. The Morgan fingerprint density at radius 3 is 2.21 bits per heavy atom. The maximum absolute atomic E-state index is 15.0. The standard InChI is InChI=1S/C35H39N3O4S/c1-34-19-11-21-36(25-15-7-3-8-16-25)31(40)28(34)29-32(41)38(27(23-39)24-13-5-2-6-14-24)30-33(42)37(26-17-9-4-10-18-26)22-12-20-35(29,30)43-34/h2-3,5-8,11-16,19-20,26-30,39H,4,9-10,17-18,21-23H2,1H3/t27-,28+,29+,30?,34-,35+/m1/s1. The number of hydrogen-bond donors (Lipinski definition) is 1. The van der Waals surface area contributed by atoms with E-state index in [1.807, 2.05) is 71.6 Å². The van der Waals surface area contributed by atoms with Crippen molar-refractivity contribution in [2.24, 2.45) is 11.8 Å². The molecule has 7 rings (SSSR count). The number of aliphatic hydroxyl groups excluding tert-OH is 1. The summed E-state index contributed by atoms with van der Waals surface area (Å²) in [4.78, 5) is 49.9. The first kappa shape index (κ1) is 28.4. The van der Waals surface area contributed by atoms with Crippen LogP contribution >= 0.6 is 11.8 Å². The molecule has 3 fully saturated rings. The van der Waals surface area contributed by atoms with Crippen LogP contribution in [0.25, 0.3) is 0 Å². The number of aliphatic hydroxyl groups is 1. The van der Waals surface area contributed by atoms with Gasteiger partial charge in [0.05, 0.1) is 29.2 Å².